The number of halogens is 2. The highest BCUT2D eigenvalue weighted by molar-refractivity contribution is 5.78. The monoisotopic (exact) mass is 612 g/mol. The van der Waals surface area contributed by atoms with E-state index in [9.17, 15) is 18.7 Å². The summed E-state index contributed by atoms with van der Waals surface area (Å²) in [6, 6.07) is 3.81. The number of aliphatic hydroxyl groups excluding tert-OH is 1. The van der Waals surface area contributed by atoms with Crippen LogP contribution in [0.1, 0.15) is 70.6 Å². The van der Waals surface area contributed by atoms with E-state index in [1.807, 2.05) is 0 Å². The van der Waals surface area contributed by atoms with E-state index < -0.39 is 17.9 Å². The van der Waals surface area contributed by atoms with Gasteiger partial charge in [0.2, 0.25) is 11.9 Å². The number of hydrogen-bond acceptors (Lipinski definition) is 9. The van der Waals surface area contributed by atoms with Gasteiger partial charge in [-0.1, -0.05) is 6.42 Å². The van der Waals surface area contributed by atoms with Gasteiger partial charge in [-0.05, 0) is 95.3 Å². The number of piperidine rings is 1. The van der Waals surface area contributed by atoms with Crippen molar-refractivity contribution in [1.29, 1.82) is 0 Å². The third-order valence-corrected chi connectivity index (χ3v) is 9.88. The summed E-state index contributed by atoms with van der Waals surface area (Å²) in [4.78, 5) is 26.9. The molecule has 1 amide bonds. The van der Waals surface area contributed by atoms with E-state index in [0.717, 1.165) is 95.1 Å². The Balaban J connectivity index is 1.07. The first-order chi connectivity index (χ1) is 21.5. The van der Waals surface area contributed by atoms with Crippen molar-refractivity contribution in [2.75, 3.05) is 53.6 Å². The molecule has 2 aromatic rings. The minimum Gasteiger partial charge on any atom is -0.396 e. The number of carbonyl (C=O) groups excluding carboxylic acids is 1. The van der Waals surface area contributed by atoms with Gasteiger partial charge < -0.3 is 36.2 Å². The molecule has 0 bridgehead atoms. The molecule has 240 valence electrons. The molecular formula is C32H46F2N8O2. The molecule has 3 heterocycles. The van der Waals surface area contributed by atoms with Crippen LogP contribution in [-0.4, -0.2) is 77.0 Å². The summed E-state index contributed by atoms with van der Waals surface area (Å²) in [5, 5.41) is 22.9. The molecule has 1 aromatic carbocycles. The van der Waals surface area contributed by atoms with E-state index in [1.54, 1.807) is 6.20 Å². The van der Waals surface area contributed by atoms with Gasteiger partial charge in [-0.25, -0.2) is 13.8 Å². The standard InChI is InChI=1S/C32H46F2N8O2/c33-23-8-13-27(26(34)18-23)38-32-39-28-19-36-31(40-29(28)42(32)25-11-4-21(20-43)5-12-25)37-24-9-6-22(7-10-24)30(44)35-14-17-41-15-2-1-3-16-41/h8,13,18-19,21-22,24-25,32,38-39,43H,1-7,9-12,14-17,20H2,(H,35,44)(H,36,37,40)/t21?,22?,24?,25?,32-/m0/s1. The minimum absolute atomic E-state index is 0.0442. The number of nitrogens with zero attached hydrogens (tertiary/aromatic N) is 4. The van der Waals surface area contributed by atoms with E-state index in [4.69, 9.17) is 4.98 Å². The van der Waals surface area contributed by atoms with Crippen molar-refractivity contribution in [1.82, 2.24) is 20.2 Å². The average Bonchev–Trinajstić information content (AvgIpc) is 3.40. The summed E-state index contributed by atoms with van der Waals surface area (Å²) >= 11 is 0. The minimum atomic E-state index is -0.661. The number of hydrogen-bond donors (Lipinski definition) is 5. The highest BCUT2D eigenvalue weighted by Gasteiger charge is 2.38. The normalized spacial score (nSPS) is 27.3. The number of fused-ring (bicyclic) bond motifs is 1. The molecule has 6 rings (SSSR count). The van der Waals surface area contributed by atoms with Crippen LogP contribution in [0.2, 0.25) is 0 Å². The number of rotatable bonds is 10. The van der Waals surface area contributed by atoms with Crippen LogP contribution in [0, 0.1) is 23.5 Å². The Hall–Kier alpha value is -3.25. The van der Waals surface area contributed by atoms with Crippen molar-refractivity contribution >= 4 is 29.0 Å². The zero-order chi connectivity index (χ0) is 30.5. The lowest BCUT2D eigenvalue weighted by Gasteiger charge is -2.38. The Bertz CT molecular complexity index is 1260. The zero-order valence-corrected chi connectivity index (χ0v) is 25.4. The number of aliphatic hydroxyl groups is 1. The quantitative estimate of drug-likeness (QED) is 0.264. The van der Waals surface area contributed by atoms with Crippen LogP contribution in [0.3, 0.4) is 0 Å². The van der Waals surface area contributed by atoms with Gasteiger partial charge in [-0.15, -0.1) is 0 Å². The van der Waals surface area contributed by atoms with Gasteiger partial charge >= 0.3 is 0 Å². The molecule has 4 aliphatic rings. The Labute approximate surface area is 258 Å². The second-order valence-electron chi connectivity index (χ2n) is 12.9. The summed E-state index contributed by atoms with van der Waals surface area (Å²) < 4.78 is 28.2. The molecule has 2 saturated carbocycles. The van der Waals surface area contributed by atoms with Crippen LogP contribution < -0.4 is 26.2 Å². The Morgan fingerprint density at radius 1 is 1.00 bits per heavy atom. The number of anilines is 4. The van der Waals surface area contributed by atoms with Crippen molar-refractivity contribution in [2.24, 2.45) is 11.8 Å². The topological polar surface area (TPSA) is 118 Å². The van der Waals surface area contributed by atoms with Gasteiger partial charge in [0.05, 0.1) is 17.6 Å². The molecule has 2 aliphatic carbocycles. The lowest BCUT2D eigenvalue weighted by Crippen LogP contribution is -2.49. The molecule has 5 N–H and O–H groups in total. The van der Waals surface area contributed by atoms with Gasteiger partial charge in [0, 0.05) is 43.8 Å². The van der Waals surface area contributed by atoms with Crippen LogP contribution >= 0.6 is 0 Å². The number of likely N-dealkylation sites (tertiary alicyclic amines) is 1. The van der Waals surface area contributed by atoms with Crippen LogP contribution in [0.4, 0.5) is 31.9 Å². The lowest BCUT2D eigenvalue weighted by atomic mass is 9.85. The number of nitrogens with one attached hydrogen (secondary N) is 4. The van der Waals surface area contributed by atoms with Gasteiger partial charge in [-0.3, -0.25) is 4.79 Å². The first-order valence-electron chi connectivity index (χ1n) is 16.5. The Kier molecular flexibility index (Phi) is 9.95. The zero-order valence-electron chi connectivity index (χ0n) is 25.4. The molecule has 1 saturated heterocycles. The fourth-order valence-electron chi connectivity index (χ4n) is 7.28. The van der Waals surface area contributed by atoms with Crippen LogP contribution in [-0.2, 0) is 4.79 Å². The Morgan fingerprint density at radius 2 is 1.77 bits per heavy atom. The third kappa shape index (κ3) is 7.34. The molecule has 0 spiro atoms. The summed E-state index contributed by atoms with van der Waals surface area (Å²) in [7, 11) is 0. The first-order valence-corrected chi connectivity index (χ1v) is 16.5. The fraction of sp³-hybridized carbons (Fsp3) is 0.656. The predicted octanol–water partition coefficient (Wildman–Crippen LogP) is 4.51. The number of amides is 1. The third-order valence-electron chi connectivity index (χ3n) is 9.88. The largest absolute Gasteiger partial charge is 0.396 e. The van der Waals surface area contributed by atoms with Gasteiger partial charge in [-0.2, -0.15) is 4.98 Å². The van der Waals surface area contributed by atoms with Gasteiger partial charge in [0.1, 0.15) is 11.6 Å². The molecule has 0 radical (unpaired) electrons. The maximum absolute atomic E-state index is 14.6. The molecule has 10 nitrogen and oxygen atoms in total. The highest BCUT2D eigenvalue weighted by atomic mass is 19.1. The summed E-state index contributed by atoms with van der Waals surface area (Å²) in [5.74, 6) is 0.479. The van der Waals surface area contributed by atoms with E-state index >= 15 is 0 Å². The number of benzene rings is 1. The summed E-state index contributed by atoms with van der Waals surface area (Å²) in [6.45, 7) is 4.11. The molecule has 3 fully saturated rings. The molecule has 12 heteroatoms. The molecular weight excluding hydrogens is 566 g/mol. The lowest BCUT2D eigenvalue weighted by molar-refractivity contribution is -0.126. The first kappa shape index (κ1) is 30.8. The molecule has 1 atom stereocenters. The summed E-state index contributed by atoms with van der Waals surface area (Å²) in [5.41, 5.74) is 0.939. The second-order valence-corrected chi connectivity index (χ2v) is 12.9. The van der Waals surface area contributed by atoms with Crippen LogP contribution in [0.25, 0.3) is 0 Å². The van der Waals surface area contributed by atoms with E-state index in [2.05, 4.69) is 36.1 Å². The second kappa shape index (κ2) is 14.2. The average molecular weight is 613 g/mol. The Morgan fingerprint density at radius 3 is 2.50 bits per heavy atom. The van der Waals surface area contributed by atoms with Crippen LogP contribution in [0.5, 0.6) is 0 Å². The SMILES string of the molecule is O=C(NCCN1CCCCC1)C1CCC(Nc2ncc3c(n2)N(C2CCC(CO)CC2)[C@@H](Nc2ccc(F)cc2F)N3)CC1. The molecule has 44 heavy (non-hydrogen) atoms. The van der Waals surface area contributed by atoms with Crippen molar-refractivity contribution < 1.29 is 18.7 Å². The van der Waals surface area contributed by atoms with Crippen molar-refractivity contribution in [3.8, 4) is 0 Å². The number of carbonyl (C=O) groups is 1. The predicted molar refractivity (Wildman–Crippen MR) is 167 cm³/mol. The summed E-state index contributed by atoms with van der Waals surface area (Å²) in [6.07, 6.45) is 12.0. The van der Waals surface area contributed by atoms with Crippen molar-refractivity contribution in [2.45, 2.75) is 89.0 Å². The highest BCUT2D eigenvalue weighted by Crippen LogP contribution is 2.40. The van der Waals surface area contributed by atoms with E-state index in [-0.39, 0.29) is 42.1 Å². The van der Waals surface area contributed by atoms with Crippen LogP contribution in [0.15, 0.2) is 24.4 Å². The smallest absolute Gasteiger partial charge is 0.224 e. The fourth-order valence-corrected chi connectivity index (χ4v) is 7.28. The van der Waals surface area contributed by atoms with Crippen molar-refractivity contribution in [3.63, 3.8) is 0 Å². The van der Waals surface area contributed by atoms with Gasteiger partial charge in [0.25, 0.3) is 0 Å². The van der Waals surface area contributed by atoms with Gasteiger partial charge in [0.15, 0.2) is 12.1 Å². The number of aromatic nitrogens is 2. The van der Waals surface area contributed by atoms with E-state index in [1.165, 1.54) is 31.4 Å². The van der Waals surface area contributed by atoms with Crippen molar-refractivity contribution in [3.05, 3.63) is 36.0 Å². The molecule has 0 unspecified atom stereocenters. The maximum Gasteiger partial charge on any atom is 0.224 e. The molecule has 1 aromatic heterocycles. The maximum atomic E-state index is 14.6. The molecule has 2 aliphatic heterocycles. The van der Waals surface area contributed by atoms with E-state index in [0.29, 0.717) is 5.95 Å².